The highest BCUT2D eigenvalue weighted by Gasteiger charge is 2.16. The molecule has 140 valence electrons. The van der Waals surface area contributed by atoms with Crippen LogP contribution in [0.4, 0.5) is 0 Å². The highest BCUT2D eigenvalue weighted by molar-refractivity contribution is 5.97. The van der Waals surface area contributed by atoms with Gasteiger partial charge < -0.3 is 14.6 Å². The summed E-state index contributed by atoms with van der Waals surface area (Å²) < 4.78 is 10.5. The summed E-state index contributed by atoms with van der Waals surface area (Å²) in [6, 6.07) is 13.9. The van der Waals surface area contributed by atoms with Gasteiger partial charge in [0.2, 0.25) is 0 Å². The predicted molar refractivity (Wildman–Crippen MR) is 106 cm³/mol. The molecule has 2 aromatic carbocycles. The molecule has 1 aromatic heterocycles. The molecule has 1 amide bonds. The summed E-state index contributed by atoms with van der Waals surface area (Å²) >= 11 is 0. The molecule has 0 saturated carbocycles. The molecule has 0 bridgehead atoms. The summed E-state index contributed by atoms with van der Waals surface area (Å²) in [7, 11) is 1.62. The molecule has 0 fully saturated rings. The van der Waals surface area contributed by atoms with Gasteiger partial charge >= 0.3 is 0 Å². The number of nitrogens with zero attached hydrogens (tertiary/aromatic N) is 1. The van der Waals surface area contributed by atoms with Crippen LogP contribution in [0.5, 0.6) is 0 Å². The van der Waals surface area contributed by atoms with Gasteiger partial charge in [-0.25, -0.2) is 0 Å². The Balaban J connectivity index is 2.04. The lowest BCUT2D eigenvalue weighted by atomic mass is 9.97. The molecule has 0 aliphatic carbocycles. The second kappa shape index (κ2) is 8.18. The van der Waals surface area contributed by atoms with E-state index in [0.29, 0.717) is 17.9 Å². The van der Waals surface area contributed by atoms with Crippen molar-refractivity contribution in [3.8, 4) is 22.5 Å². The molecule has 1 unspecified atom stereocenters. The number of amides is 1. The summed E-state index contributed by atoms with van der Waals surface area (Å²) in [5.74, 6) is 0.523. The second-order valence-corrected chi connectivity index (χ2v) is 6.83. The van der Waals surface area contributed by atoms with Crippen LogP contribution in [0.1, 0.15) is 28.4 Å². The van der Waals surface area contributed by atoms with Crippen LogP contribution in [0.25, 0.3) is 22.5 Å². The Bertz CT molecular complexity index is 929. The van der Waals surface area contributed by atoms with Crippen LogP contribution in [-0.4, -0.2) is 30.8 Å². The van der Waals surface area contributed by atoms with Crippen LogP contribution in [0.3, 0.4) is 0 Å². The third-order valence-corrected chi connectivity index (χ3v) is 4.38. The van der Waals surface area contributed by atoms with Gasteiger partial charge in [-0.15, -0.1) is 0 Å². The van der Waals surface area contributed by atoms with E-state index in [4.69, 9.17) is 9.26 Å². The molecular formula is C22H24N2O3. The zero-order valence-corrected chi connectivity index (χ0v) is 16.1. The number of aromatic nitrogens is 1. The Morgan fingerprint density at radius 3 is 2.44 bits per heavy atom. The zero-order valence-electron chi connectivity index (χ0n) is 16.1. The lowest BCUT2D eigenvalue weighted by Crippen LogP contribution is -2.35. The number of ether oxygens (including phenoxy) is 1. The largest absolute Gasteiger partial charge is 0.383 e. The van der Waals surface area contributed by atoms with Crippen LogP contribution >= 0.6 is 0 Å². The van der Waals surface area contributed by atoms with Crippen molar-refractivity contribution in [1.29, 1.82) is 0 Å². The molecule has 5 heteroatoms. The maximum Gasteiger partial charge on any atom is 0.251 e. The average molecular weight is 364 g/mol. The van der Waals surface area contributed by atoms with Crippen LogP contribution in [-0.2, 0) is 4.74 Å². The number of carbonyl (C=O) groups is 1. The average Bonchev–Trinajstić information content (AvgIpc) is 3.08. The van der Waals surface area contributed by atoms with E-state index < -0.39 is 0 Å². The van der Waals surface area contributed by atoms with Gasteiger partial charge in [0.1, 0.15) is 0 Å². The number of nitrogens with one attached hydrogen (secondary N) is 1. The van der Waals surface area contributed by atoms with E-state index in [2.05, 4.69) is 34.7 Å². The van der Waals surface area contributed by atoms with Gasteiger partial charge in [-0.3, -0.25) is 4.79 Å². The Morgan fingerprint density at radius 1 is 1.11 bits per heavy atom. The van der Waals surface area contributed by atoms with E-state index in [0.717, 1.165) is 22.3 Å². The normalized spacial score (nSPS) is 12.0. The number of benzene rings is 2. The van der Waals surface area contributed by atoms with Crippen LogP contribution in [0, 0.1) is 13.8 Å². The third-order valence-electron chi connectivity index (χ3n) is 4.38. The van der Waals surface area contributed by atoms with Crippen molar-refractivity contribution in [2.24, 2.45) is 0 Å². The molecule has 0 radical (unpaired) electrons. The van der Waals surface area contributed by atoms with Gasteiger partial charge in [0.15, 0.2) is 5.76 Å². The summed E-state index contributed by atoms with van der Waals surface area (Å²) in [6.45, 7) is 6.35. The van der Waals surface area contributed by atoms with Crippen LogP contribution < -0.4 is 5.32 Å². The van der Waals surface area contributed by atoms with Crippen molar-refractivity contribution < 1.29 is 14.1 Å². The van der Waals surface area contributed by atoms with Gasteiger partial charge in [-0.05, 0) is 50.1 Å². The number of methoxy groups -OCH3 is 1. The lowest BCUT2D eigenvalue weighted by Gasteiger charge is -2.14. The zero-order chi connectivity index (χ0) is 19.4. The monoisotopic (exact) mass is 364 g/mol. The van der Waals surface area contributed by atoms with Gasteiger partial charge in [-0.2, -0.15) is 0 Å². The number of hydrogen-bond donors (Lipinski definition) is 1. The minimum Gasteiger partial charge on any atom is -0.383 e. The van der Waals surface area contributed by atoms with E-state index in [1.165, 1.54) is 5.56 Å². The van der Waals surface area contributed by atoms with E-state index >= 15 is 0 Å². The van der Waals surface area contributed by atoms with Crippen molar-refractivity contribution >= 4 is 5.91 Å². The maximum atomic E-state index is 12.8. The fourth-order valence-electron chi connectivity index (χ4n) is 2.97. The van der Waals surface area contributed by atoms with E-state index in [9.17, 15) is 4.79 Å². The topological polar surface area (TPSA) is 64.4 Å². The number of aryl methyl sites for hydroxylation is 2. The van der Waals surface area contributed by atoms with Gasteiger partial charge in [0.25, 0.3) is 5.91 Å². The summed E-state index contributed by atoms with van der Waals surface area (Å²) in [5.41, 5.74) is 5.50. The minimum absolute atomic E-state index is 0.0824. The Labute approximate surface area is 159 Å². The molecule has 3 rings (SSSR count). The highest BCUT2D eigenvalue weighted by atomic mass is 16.5. The van der Waals surface area contributed by atoms with E-state index in [-0.39, 0.29) is 11.9 Å². The van der Waals surface area contributed by atoms with Crippen LogP contribution in [0.2, 0.25) is 0 Å². The quantitative estimate of drug-likeness (QED) is 0.704. The Morgan fingerprint density at radius 2 is 1.81 bits per heavy atom. The molecule has 27 heavy (non-hydrogen) atoms. The first-order valence-electron chi connectivity index (χ1n) is 8.91. The SMILES string of the molecule is COCC(C)NC(=O)c1cc(-c2ccc(C)cc2)cc(-c2oncc2C)c1. The number of hydrogen-bond acceptors (Lipinski definition) is 4. The first kappa shape index (κ1) is 18.9. The molecule has 0 aliphatic rings. The molecule has 0 aliphatic heterocycles. The van der Waals surface area contributed by atoms with Crippen LogP contribution in [0.15, 0.2) is 53.2 Å². The number of carbonyl (C=O) groups excluding carboxylic acids is 1. The molecule has 0 saturated heterocycles. The van der Waals surface area contributed by atoms with E-state index in [1.54, 1.807) is 13.3 Å². The molecular weight excluding hydrogens is 340 g/mol. The molecule has 5 nitrogen and oxygen atoms in total. The molecule has 1 N–H and O–H groups in total. The van der Waals surface area contributed by atoms with Crippen molar-refractivity contribution in [1.82, 2.24) is 10.5 Å². The molecule has 1 heterocycles. The first-order valence-corrected chi connectivity index (χ1v) is 8.91. The van der Waals surface area contributed by atoms with Crippen molar-refractivity contribution in [3.63, 3.8) is 0 Å². The highest BCUT2D eigenvalue weighted by Crippen LogP contribution is 2.30. The summed E-state index contributed by atoms with van der Waals surface area (Å²) in [4.78, 5) is 12.8. The van der Waals surface area contributed by atoms with Crippen molar-refractivity contribution in [2.75, 3.05) is 13.7 Å². The summed E-state index contributed by atoms with van der Waals surface area (Å²) in [5, 5.41) is 6.83. The molecule has 1 atom stereocenters. The Kier molecular flexibility index (Phi) is 5.72. The fraction of sp³-hybridized carbons (Fsp3) is 0.273. The first-order chi connectivity index (χ1) is 13.0. The number of rotatable bonds is 6. The smallest absolute Gasteiger partial charge is 0.251 e. The van der Waals surface area contributed by atoms with Crippen molar-refractivity contribution in [3.05, 3.63) is 65.4 Å². The van der Waals surface area contributed by atoms with E-state index in [1.807, 2.05) is 39.0 Å². The second-order valence-electron chi connectivity index (χ2n) is 6.83. The third kappa shape index (κ3) is 4.44. The maximum absolute atomic E-state index is 12.8. The van der Waals surface area contributed by atoms with Crippen molar-refractivity contribution in [2.45, 2.75) is 26.8 Å². The molecule has 3 aromatic rings. The predicted octanol–water partition coefficient (Wildman–Crippen LogP) is 4.39. The lowest BCUT2D eigenvalue weighted by molar-refractivity contribution is 0.0905. The standard InChI is InChI=1S/C22H24N2O3/c1-14-5-7-17(8-6-14)18-9-19(21-15(2)12-23-27-21)11-20(10-18)22(25)24-16(3)13-26-4/h5-12,16H,13H2,1-4H3,(H,24,25). The molecule has 0 spiro atoms. The summed E-state index contributed by atoms with van der Waals surface area (Å²) in [6.07, 6.45) is 1.67. The van der Waals surface area contributed by atoms with Gasteiger partial charge in [0, 0.05) is 29.8 Å². The minimum atomic E-state index is -0.146. The van der Waals surface area contributed by atoms with Gasteiger partial charge in [0.05, 0.1) is 12.8 Å². The Hall–Kier alpha value is -2.92. The van der Waals surface area contributed by atoms with Gasteiger partial charge in [-0.1, -0.05) is 35.0 Å². The fourth-order valence-corrected chi connectivity index (χ4v) is 2.97.